The molecule has 0 radical (unpaired) electrons. The Bertz CT molecular complexity index is 720. The van der Waals surface area contributed by atoms with Crippen LogP contribution in [0.5, 0.6) is 0 Å². The van der Waals surface area contributed by atoms with Crippen LogP contribution in [0, 0.1) is 0 Å². The van der Waals surface area contributed by atoms with Crippen LogP contribution in [0.2, 0.25) is 0 Å². The van der Waals surface area contributed by atoms with Gasteiger partial charge in [0.05, 0.1) is 0 Å². The van der Waals surface area contributed by atoms with Gasteiger partial charge in [0.15, 0.2) is 0 Å². The molecule has 9 heteroatoms. The lowest BCUT2D eigenvalue weighted by Crippen LogP contribution is -2.41. The number of aromatic nitrogens is 2. The third kappa shape index (κ3) is 4.91. The summed E-state index contributed by atoms with van der Waals surface area (Å²) >= 11 is -0.200. The first-order valence-electron chi connectivity index (χ1n) is 7.82. The van der Waals surface area contributed by atoms with E-state index in [0.717, 1.165) is 18.5 Å². The molecule has 1 saturated heterocycles. The van der Waals surface area contributed by atoms with E-state index < -0.39 is 5.51 Å². The van der Waals surface area contributed by atoms with E-state index in [1.807, 2.05) is 6.07 Å². The van der Waals surface area contributed by atoms with Gasteiger partial charge in [0.1, 0.15) is 0 Å². The quantitative estimate of drug-likeness (QED) is 0.786. The average molecular weight is 370 g/mol. The first-order valence-corrected chi connectivity index (χ1v) is 8.63. The van der Waals surface area contributed by atoms with Gasteiger partial charge in [-0.1, -0.05) is 6.07 Å². The minimum Gasteiger partial charge on any atom is -0.324 e. The highest BCUT2D eigenvalue weighted by atomic mass is 32.2. The van der Waals surface area contributed by atoms with Gasteiger partial charge < -0.3 is 10.2 Å². The molecule has 1 aromatic heterocycles. The Morgan fingerprint density at radius 1 is 1.36 bits per heavy atom. The van der Waals surface area contributed by atoms with Gasteiger partial charge in [0, 0.05) is 41.5 Å². The first kappa shape index (κ1) is 17.7. The molecule has 1 unspecified atom stereocenters. The van der Waals surface area contributed by atoms with Crippen molar-refractivity contribution < 1.29 is 18.0 Å². The summed E-state index contributed by atoms with van der Waals surface area (Å²) in [5.74, 6) is 0.189. The van der Waals surface area contributed by atoms with Crippen LogP contribution in [-0.4, -0.2) is 39.7 Å². The molecule has 2 N–H and O–H groups in total. The summed E-state index contributed by atoms with van der Waals surface area (Å²) in [5, 5.41) is 9.55. The van der Waals surface area contributed by atoms with E-state index in [-0.39, 0.29) is 28.6 Å². The van der Waals surface area contributed by atoms with Gasteiger partial charge in [-0.15, -0.1) is 0 Å². The number of halogens is 3. The highest BCUT2D eigenvalue weighted by molar-refractivity contribution is 8.00. The summed E-state index contributed by atoms with van der Waals surface area (Å²) < 4.78 is 37.4. The van der Waals surface area contributed by atoms with Crippen molar-refractivity contribution >= 4 is 23.5 Å². The zero-order valence-corrected chi connectivity index (χ0v) is 14.0. The third-order valence-corrected chi connectivity index (χ3v) is 4.71. The second kappa shape index (κ2) is 7.38. The van der Waals surface area contributed by atoms with Gasteiger partial charge in [0.25, 0.3) is 0 Å². The van der Waals surface area contributed by atoms with Crippen molar-refractivity contribution in [3.63, 3.8) is 0 Å². The third-order valence-electron chi connectivity index (χ3n) is 3.99. The maximum absolute atomic E-state index is 12.5. The lowest BCUT2D eigenvalue weighted by Gasteiger charge is -2.32. The van der Waals surface area contributed by atoms with E-state index in [1.165, 1.54) is 18.2 Å². The summed E-state index contributed by atoms with van der Waals surface area (Å²) in [6.45, 7) is 1.17. The molecule has 25 heavy (non-hydrogen) atoms. The van der Waals surface area contributed by atoms with Crippen molar-refractivity contribution in [1.82, 2.24) is 15.1 Å². The lowest BCUT2D eigenvalue weighted by molar-refractivity contribution is -0.0328. The van der Waals surface area contributed by atoms with E-state index in [9.17, 15) is 18.0 Å². The number of hydrogen-bond acceptors (Lipinski definition) is 3. The van der Waals surface area contributed by atoms with Gasteiger partial charge in [-0.05, 0) is 48.9 Å². The highest BCUT2D eigenvalue weighted by Gasteiger charge is 2.29. The summed E-state index contributed by atoms with van der Waals surface area (Å²) in [6.07, 6.45) is 3.50. The number of aromatic amines is 1. The fourth-order valence-corrected chi connectivity index (χ4v) is 3.48. The zero-order valence-electron chi connectivity index (χ0n) is 13.2. The standard InChI is InChI=1S/C16H17F3N4OS/c17-16(18,19)25-13-5-1-4-12(9-13)21-15(24)23-8-2-3-11(10-23)14-6-7-20-22-14/h1,4-7,9,11H,2-3,8,10H2,(H,20,22)(H,21,24). The number of carbonyl (C=O) groups excluding carboxylic acids is 1. The second-order valence-electron chi connectivity index (χ2n) is 5.80. The number of rotatable bonds is 3. The van der Waals surface area contributed by atoms with E-state index in [1.54, 1.807) is 17.2 Å². The van der Waals surface area contributed by atoms with Crippen molar-refractivity contribution in [2.45, 2.75) is 29.2 Å². The Labute approximate surface area is 147 Å². The maximum atomic E-state index is 12.5. The molecule has 1 aromatic carbocycles. The Morgan fingerprint density at radius 2 is 2.20 bits per heavy atom. The molecule has 1 atom stereocenters. The first-order chi connectivity index (χ1) is 11.9. The smallest absolute Gasteiger partial charge is 0.324 e. The highest BCUT2D eigenvalue weighted by Crippen LogP contribution is 2.37. The Kier molecular flexibility index (Phi) is 5.22. The van der Waals surface area contributed by atoms with Gasteiger partial charge in [0.2, 0.25) is 0 Å². The van der Waals surface area contributed by atoms with Crippen LogP contribution < -0.4 is 5.32 Å². The van der Waals surface area contributed by atoms with Crippen LogP contribution in [0.1, 0.15) is 24.5 Å². The number of H-pyrrole nitrogens is 1. The Hall–Kier alpha value is -2.16. The number of likely N-dealkylation sites (tertiary alicyclic amines) is 1. The topological polar surface area (TPSA) is 61.0 Å². The maximum Gasteiger partial charge on any atom is 0.446 e. The van der Waals surface area contributed by atoms with Gasteiger partial charge in [-0.25, -0.2) is 4.79 Å². The molecule has 134 valence electrons. The predicted molar refractivity (Wildman–Crippen MR) is 89.5 cm³/mol. The number of alkyl halides is 3. The fraction of sp³-hybridized carbons (Fsp3) is 0.375. The van der Waals surface area contributed by atoms with Crippen LogP contribution in [0.25, 0.3) is 0 Å². The molecule has 0 bridgehead atoms. The number of benzene rings is 1. The summed E-state index contributed by atoms with van der Waals surface area (Å²) in [5.41, 5.74) is -3.02. The number of thioether (sulfide) groups is 1. The molecule has 0 aliphatic carbocycles. The number of nitrogens with zero attached hydrogens (tertiary/aromatic N) is 2. The minimum atomic E-state index is -4.35. The number of hydrogen-bond donors (Lipinski definition) is 2. The zero-order chi connectivity index (χ0) is 17.9. The molecule has 3 rings (SSSR count). The largest absolute Gasteiger partial charge is 0.446 e. The molecule has 1 aliphatic rings. The molecular formula is C16H17F3N4OS. The van der Waals surface area contributed by atoms with E-state index in [0.29, 0.717) is 18.8 Å². The van der Waals surface area contributed by atoms with E-state index in [2.05, 4.69) is 15.5 Å². The van der Waals surface area contributed by atoms with Gasteiger partial charge >= 0.3 is 11.5 Å². The van der Waals surface area contributed by atoms with Crippen molar-refractivity contribution in [3.05, 3.63) is 42.2 Å². The Balaban J connectivity index is 1.63. The van der Waals surface area contributed by atoms with Gasteiger partial charge in [-0.3, -0.25) is 5.10 Å². The summed E-state index contributed by atoms with van der Waals surface area (Å²) in [4.78, 5) is 14.2. The molecule has 2 heterocycles. The molecule has 5 nitrogen and oxygen atoms in total. The Morgan fingerprint density at radius 3 is 2.92 bits per heavy atom. The molecule has 1 fully saturated rings. The van der Waals surface area contributed by atoms with Crippen molar-refractivity contribution in [1.29, 1.82) is 0 Å². The number of amides is 2. The van der Waals surface area contributed by atoms with Crippen molar-refractivity contribution in [2.24, 2.45) is 0 Å². The molecule has 1 aliphatic heterocycles. The fourth-order valence-electron chi connectivity index (χ4n) is 2.88. The number of piperidine rings is 1. The molecule has 0 spiro atoms. The molecule has 2 amide bonds. The molecular weight excluding hydrogens is 353 g/mol. The van der Waals surface area contributed by atoms with Crippen LogP contribution in [-0.2, 0) is 0 Å². The van der Waals surface area contributed by atoms with Crippen LogP contribution in [0.15, 0.2) is 41.4 Å². The van der Waals surface area contributed by atoms with E-state index in [4.69, 9.17) is 0 Å². The van der Waals surface area contributed by atoms with E-state index >= 15 is 0 Å². The molecule has 0 saturated carbocycles. The normalized spacial score (nSPS) is 18.2. The minimum absolute atomic E-state index is 0.0410. The number of urea groups is 1. The SMILES string of the molecule is O=C(Nc1cccc(SC(F)(F)F)c1)N1CCCC(c2ccn[nH]2)C1. The monoisotopic (exact) mass is 370 g/mol. The number of anilines is 1. The summed E-state index contributed by atoms with van der Waals surface area (Å²) in [7, 11) is 0. The molecule has 2 aromatic rings. The number of nitrogens with one attached hydrogen (secondary N) is 2. The van der Waals surface area contributed by atoms with Crippen molar-refractivity contribution in [3.8, 4) is 0 Å². The summed E-state index contributed by atoms with van der Waals surface area (Å²) in [6, 6.07) is 7.35. The van der Waals surface area contributed by atoms with Crippen LogP contribution in [0.4, 0.5) is 23.7 Å². The van der Waals surface area contributed by atoms with Gasteiger partial charge in [-0.2, -0.15) is 18.3 Å². The van der Waals surface area contributed by atoms with Crippen LogP contribution in [0.3, 0.4) is 0 Å². The lowest BCUT2D eigenvalue weighted by atomic mass is 9.95. The second-order valence-corrected chi connectivity index (χ2v) is 6.94. The average Bonchev–Trinajstić information content (AvgIpc) is 3.08. The van der Waals surface area contributed by atoms with Crippen molar-refractivity contribution in [2.75, 3.05) is 18.4 Å². The predicted octanol–water partition coefficient (Wildman–Crippen LogP) is 4.43. The van der Waals surface area contributed by atoms with Crippen LogP contribution >= 0.6 is 11.8 Å². The number of carbonyl (C=O) groups is 1.